The highest BCUT2D eigenvalue weighted by molar-refractivity contribution is 5.81. The summed E-state index contributed by atoms with van der Waals surface area (Å²) in [5.41, 5.74) is 1.06. The van der Waals surface area contributed by atoms with Gasteiger partial charge >= 0.3 is 11.9 Å². The van der Waals surface area contributed by atoms with E-state index in [4.69, 9.17) is 14.2 Å². The molecule has 0 saturated carbocycles. The van der Waals surface area contributed by atoms with Crippen LogP contribution < -0.4 is 0 Å². The molecular weight excluding hydrogens is 324 g/mol. The summed E-state index contributed by atoms with van der Waals surface area (Å²) in [7, 11) is 2.86. The van der Waals surface area contributed by atoms with Gasteiger partial charge in [-0.1, -0.05) is 37.3 Å². The fourth-order valence-corrected chi connectivity index (χ4v) is 2.27. The van der Waals surface area contributed by atoms with Gasteiger partial charge in [-0.2, -0.15) is 0 Å². The molecule has 0 aliphatic rings. The molecule has 0 spiro atoms. The number of esters is 2. The van der Waals surface area contributed by atoms with Crippen LogP contribution in [0.1, 0.15) is 19.4 Å². The fourth-order valence-electron chi connectivity index (χ4n) is 2.27. The Labute approximate surface area is 148 Å². The van der Waals surface area contributed by atoms with Crippen molar-refractivity contribution in [3.05, 3.63) is 48.0 Å². The van der Waals surface area contributed by atoms with E-state index in [1.165, 1.54) is 26.2 Å². The van der Waals surface area contributed by atoms with Crippen LogP contribution >= 0.6 is 0 Å². The summed E-state index contributed by atoms with van der Waals surface area (Å²) in [5, 5.41) is 0. The number of carbonyl (C=O) groups is 2. The normalized spacial score (nSPS) is 14.7. The van der Waals surface area contributed by atoms with Crippen LogP contribution in [0.2, 0.25) is 0 Å². The second kappa shape index (κ2) is 11.4. The summed E-state index contributed by atoms with van der Waals surface area (Å²) in [5.74, 6) is -1.17. The van der Waals surface area contributed by atoms with Gasteiger partial charge in [0.05, 0.1) is 26.4 Å². The van der Waals surface area contributed by atoms with Crippen molar-refractivity contribution in [2.24, 2.45) is 5.92 Å². The third-order valence-corrected chi connectivity index (χ3v) is 3.73. The van der Waals surface area contributed by atoms with E-state index in [9.17, 15) is 9.59 Å². The van der Waals surface area contributed by atoms with Gasteiger partial charge in [0.1, 0.15) is 6.10 Å². The Bertz CT molecular complexity index is 554. The maximum Gasteiger partial charge on any atom is 0.330 e. The average molecular weight is 350 g/mol. The van der Waals surface area contributed by atoms with Crippen molar-refractivity contribution >= 4 is 11.9 Å². The van der Waals surface area contributed by atoms with Gasteiger partial charge in [0.15, 0.2) is 0 Å². The predicted octanol–water partition coefficient (Wildman–Crippen LogP) is 2.52. The lowest BCUT2D eigenvalue weighted by Gasteiger charge is -2.27. The summed E-state index contributed by atoms with van der Waals surface area (Å²) < 4.78 is 21.0. The molecule has 0 aliphatic carbocycles. The highest BCUT2D eigenvalue weighted by atomic mass is 16.6. The minimum atomic E-state index is -0.623. The van der Waals surface area contributed by atoms with Crippen LogP contribution in [0.25, 0.3) is 0 Å². The van der Waals surface area contributed by atoms with Gasteiger partial charge < -0.3 is 18.9 Å². The first-order valence-corrected chi connectivity index (χ1v) is 8.05. The van der Waals surface area contributed by atoms with E-state index in [2.05, 4.69) is 4.74 Å². The lowest BCUT2D eigenvalue weighted by atomic mass is 9.97. The number of carbonyl (C=O) groups excluding carboxylic acids is 2. The summed E-state index contributed by atoms with van der Waals surface area (Å²) in [6.45, 7) is 3.98. The Kier molecular flexibility index (Phi) is 9.50. The van der Waals surface area contributed by atoms with Gasteiger partial charge in [-0.15, -0.1) is 0 Å². The molecule has 0 heterocycles. The molecule has 3 atom stereocenters. The SMILES string of the molecule is COC(=O)/C=C/[C@@H](OC(C)=O)[C@H](C)[C@H](COCc1ccccc1)OC. The first kappa shape index (κ1) is 20.9. The van der Waals surface area contributed by atoms with E-state index in [0.717, 1.165) is 5.56 Å². The zero-order chi connectivity index (χ0) is 18.7. The Morgan fingerprint density at radius 1 is 1.16 bits per heavy atom. The molecule has 0 unspecified atom stereocenters. The molecule has 0 amide bonds. The Morgan fingerprint density at radius 3 is 2.40 bits per heavy atom. The molecule has 0 saturated heterocycles. The summed E-state index contributed by atoms with van der Waals surface area (Å²) in [4.78, 5) is 22.6. The lowest BCUT2D eigenvalue weighted by molar-refractivity contribution is -0.149. The van der Waals surface area contributed by atoms with Crippen LogP contribution in [-0.4, -0.2) is 45.0 Å². The Balaban J connectivity index is 2.66. The van der Waals surface area contributed by atoms with E-state index in [1.807, 2.05) is 37.3 Å². The zero-order valence-electron chi connectivity index (χ0n) is 15.1. The van der Waals surface area contributed by atoms with E-state index in [1.54, 1.807) is 7.11 Å². The van der Waals surface area contributed by atoms with E-state index in [0.29, 0.717) is 13.2 Å². The van der Waals surface area contributed by atoms with Crippen molar-refractivity contribution in [2.75, 3.05) is 20.8 Å². The van der Waals surface area contributed by atoms with Crippen LogP contribution in [-0.2, 0) is 35.1 Å². The average Bonchev–Trinajstić information content (AvgIpc) is 2.62. The van der Waals surface area contributed by atoms with Gasteiger partial charge in [0.25, 0.3) is 0 Å². The van der Waals surface area contributed by atoms with Crippen LogP contribution in [0.5, 0.6) is 0 Å². The van der Waals surface area contributed by atoms with Crippen molar-refractivity contribution in [2.45, 2.75) is 32.7 Å². The first-order valence-electron chi connectivity index (χ1n) is 8.05. The largest absolute Gasteiger partial charge is 0.466 e. The predicted molar refractivity (Wildman–Crippen MR) is 92.8 cm³/mol. The van der Waals surface area contributed by atoms with Gasteiger partial charge in [0.2, 0.25) is 0 Å². The van der Waals surface area contributed by atoms with E-state index >= 15 is 0 Å². The molecule has 1 rings (SSSR count). The molecular formula is C19H26O6. The second-order valence-electron chi connectivity index (χ2n) is 5.59. The van der Waals surface area contributed by atoms with Crippen LogP contribution in [0.15, 0.2) is 42.5 Å². The Morgan fingerprint density at radius 2 is 1.84 bits per heavy atom. The number of benzene rings is 1. The minimum absolute atomic E-state index is 0.217. The molecule has 25 heavy (non-hydrogen) atoms. The van der Waals surface area contributed by atoms with Gasteiger partial charge in [-0.05, 0) is 11.6 Å². The highest BCUT2D eigenvalue weighted by Crippen LogP contribution is 2.18. The third-order valence-electron chi connectivity index (χ3n) is 3.73. The number of hydrogen-bond acceptors (Lipinski definition) is 6. The maximum absolute atomic E-state index is 11.3. The molecule has 1 aromatic carbocycles. The summed E-state index contributed by atoms with van der Waals surface area (Å²) >= 11 is 0. The molecule has 0 fully saturated rings. The number of ether oxygens (including phenoxy) is 4. The number of rotatable bonds is 10. The van der Waals surface area contributed by atoms with Crippen LogP contribution in [0.3, 0.4) is 0 Å². The van der Waals surface area contributed by atoms with Gasteiger partial charge in [0, 0.05) is 26.0 Å². The van der Waals surface area contributed by atoms with Crippen molar-refractivity contribution in [1.29, 1.82) is 0 Å². The standard InChI is InChI=1S/C19H26O6/c1-14(17(25-15(2)20)10-11-19(21)23-4)18(22-3)13-24-12-16-8-6-5-7-9-16/h5-11,14,17-18H,12-13H2,1-4H3/b11-10+/t14-,17+,18-/m0/s1. The third kappa shape index (κ3) is 7.96. The zero-order valence-corrected chi connectivity index (χ0v) is 15.1. The quantitative estimate of drug-likeness (QED) is 0.477. The first-order chi connectivity index (χ1) is 12.0. The fraction of sp³-hybridized carbons (Fsp3) is 0.474. The minimum Gasteiger partial charge on any atom is -0.466 e. The number of methoxy groups -OCH3 is 2. The van der Waals surface area contributed by atoms with Crippen molar-refractivity contribution in [1.82, 2.24) is 0 Å². The molecule has 0 radical (unpaired) electrons. The van der Waals surface area contributed by atoms with E-state index in [-0.39, 0.29) is 12.0 Å². The summed E-state index contributed by atoms with van der Waals surface area (Å²) in [6, 6.07) is 9.80. The smallest absolute Gasteiger partial charge is 0.330 e. The maximum atomic E-state index is 11.3. The van der Waals surface area contributed by atoms with Crippen molar-refractivity contribution < 1.29 is 28.5 Å². The molecule has 0 aromatic heterocycles. The molecule has 6 heteroatoms. The topological polar surface area (TPSA) is 71.1 Å². The number of hydrogen-bond donors (Lipinski definition) is 0. The highest BCUT2D eigenvalue weighted by Gasteiger charge is 2.27. The monoisotopic (exact) mass is 350 g/mol. The second-order valence-corrected chi connectivity index (χ2v) is 5.59. The molecule has 1 aromatic rings. The Hall–Kier alpha value is -2.18. The van der Waals surface area contributed by atoms with Gasteiger partial charge in [-0.25, -0.2) is 4.79 Å². The molecule has 0 aliphatic heterocycles. The molecule has 6 nitrogen and oxygen atoms in total. The van der Waals surface area contributed by atoms with Crippen molar-refractivity contribution in [3.8, 4) is 0 Å². The molecule has 138 valence electrons. The van der Waals surface area contributed by atoms with Crippen LogP contribution in [0, 0.1) is 5.92 Å². The summed E-state index contributed by atoms with van der Waals surface area (Å²) in [6.07, 6.45) is 1.81. The molecule has 0 N–H and O–H groups in total. The van der Waals surface area contributed by atoms with Gasteiger partial charge in [-0.3, -0.25) is 4.79 Å². The molecule has 0 bridgehead atoms. The van der Waals surface area contributed by atoms with Crippen LogP contribution in [0.4, 0.5) is 0 Å². The van der Waals surface area contributed by atoms with E-state index < -0.39 is 18.0 Å². The van der Waals surface area contributed by atoms with Crippen molar-refractivity contribution in [3.63, 3.8) is 0 Å². The lowest BCUT2D eigenvalue weighted by Crippen LogP contribution is -2.36.